The molecule has 0 aliphatic heterocycles. The summed E-state index contributed by atoms with van der Waals surface area (Å²) in [6, 6.07) is 7.23. The van der Waals surface area contributed by atoms with E-state index in [4.69, 9.17) is 23.2 Å². The fraction of sp³-hybridized carbons (Fsp3) is 0. The zero-order valence-corrected chi connectivity index (χ0v) is 11.0. The summed E-state index contributed by atoms with van der Waals surface area (Å²) in [5.74, 6) is 0. The van der Waals surface area contributed by atoms with E-state index in [-0.39, 0.29) is 0 Å². The fourth-order valence-corrected chi connectivity index (χ4v) is 2.02. The van der Waals surface area contributed by atoms with Crippen molar-refractivity contribution in [2.45, 2.75) is 0 Å². The number of nitrogens with zero attached hydrogens (tertiary/aromatic N) is 5. The lowest BCUT2D eigenvalue weighted by molar-refractivity contribution is 0.804. The van der Waals surface area contributed by atoms with E-state index in [2.05, 4.69) is 20.3 Å². The standard InChI is InChI=1S/C12H7Cl2N5/c13-8-1-2-11(19-6-12(14)17-18-19)9(5-8)10-3-4-15-7-16-10/h1-7H. The van der Waals surface area contributed by atoms with Crippen molar-refractivity contribution in [3.63, 3.8) is 0 Å². The van der Waals surface area contributed by atoms with Crippen LogP contribution in [0, 0.1) is 0 Å². The molecule has 0 saturated heterocycles. The zero-order chi connectivity index (χ0) is 13.2. The molecule has 94 valence electrons. The maximum Gasteiger partial charge on any atom is 0.171 e. The maximum absolute atomic E-state index is 6.04. The first kappa shape index (κ1) is 12.1. The molecule has 0 spiro atoms. The molecule has 0 N–H and O–H groups in total. The number of halogens is 2. The highest BCUT2D eigenvalue weighted by molar-refractivity contribution is 6.31. The molecule has 0 radical (unpaired) electrons. The van der Waals surface area contributed by atoms with Crippen molar-refractivity contribution >= 4 is 23.2 Å². The quantitative estimate of drug-likeness (QED) is 0.728. The third kappa shape index (κ3) is 2.43. The lowest BCUT2D eigenvalue weighted by Crippen LogP contribution is -1.99. The Hall–Kier alpha value is -1.98. The maximum atomic E-state index is 6.04. The van der Waals surface area contributed by atoms with E-state index in [9.17, 15) is 0 Å². The van der Waals surface area contributed by atoms with Crippen molar-refractivity contribution in [3.8, 4) is 16.9 Å². The van der Waals surface area contributed by atoms with Gasteiger partial charge in [-0.05, 0) is 24.3 Å². The monoisotopic (exact) mass is 291 g/mol. The predicted octanol–water partition coefficient (Wildman–Crippen LogP) is 3.03. The SMILES string of the molecule is Clc1ccc(-n2cc(Cl)nn2)c(-c2ccncn2)c1. The van der Waals surface area contributed by atoms with Gasteiger partial charge in [0.1, 0.15) is 6.33 Å². The van der Waals surface area contributed by atoms with E-state index < -0.39 is 0 Å². The molecular formula is C12H7Cl2N5. The Morgan fingerprint density at radius 2 is 2.00 bits per heavy atom. The van der Waals surface area contributed by atoms with Crippen molar-refractivity contribution in [2.75, 3.05) is 0 Å². The molecule has 0 amide bonds. The fourth-order valence-electron chi connectivity index (χ4n) is 1.72. The van der Waals surface area contributed by atoms with Crippen LogP contribution < -0.4 is 0 Å². The number of rotatable bonds is 2. The number of aromatic nitrogens is 5. The van der Waals surface area contributed by atoms with Crippen LogP contribution in [-0.4, -0.2) is 25.0 Å². The van der Waals surface area contributed by atoms with Crippen LogP contribution in [0.5, 0.6) is 0 Å². The largest absolute Gasteiger partial charge is 0.245 e. The van der Waals surface area contributed by atoms with Crippen molar-refractivity contribution in [1.82, 2.24) is 25.0 Å². The molecule has 7 heteroatoms. The van der Waals surface area contributed by atoms with Crippen LogP contribution in [0.3, 0.4) is 0 Å². The summed E-state index contributed by atoms with van der Waals surface area (Å²) in [5, 5.41) is 8.65. The second-order valence-electron chi connectivity index (χ2n) is 3.74. The highest BCUT2D eigenvalue weighted by Gasteiger charge is 2.10. The normalized spacial score (nSPS) is 10.6. The van der Waals surface area contributed by atoms with E-state index >= 15 is 0 Å². The van der Waals surface area contributed by atoms with E-state index in [1.165, 1.54) is 6.33 Å². The molecule has 19 heavy (non-hydrogen) atoms. The molecular weight excluding hydrogens is 285 g/mol. The highest BCUT2D eigenvalue weighted by atomic mass is 35.5. The Labute approximate surface area is 118 Å². The van der Waals surface area contributed by atoms with Crippen molar-refractivity contribution in [1.29, 1.82) is 0 Å². The molecule has 0 saturated carbocycles. The van der Waals surface area contributed by atoms with Gasteiger partial charge in [-0.3, -0.25) is 0 Å². The molecule has 0 aliphatic rings. The van der Waals surface area contributed by atoms with Gasteiger partial charge in [0, 0.05) is 16.8 Å². The Morgan fingerprint density at radius 1 is 1.11 bits per heavy atom. The molecule has 0 atom stereocenters. The van der Waals surface area contributed by atoms with Gasteiger partial charge >= 0.3 is 0 Å². The van der Waals surface area contributed by atoms with Crippen molar-refractivity contribution < 1.29 is 0 Å². The second-order valence-corrected chi connectivity index (χ2v) is 4.57. The number of benzene rings is 1. The van der Waals surface area contributed by atoms with Gasteiger partial charge in [-0.15, -0.1) is 5.10 Å². The van der Waals surface area contributed by atoms with Gasteiger partial charge in [-0.1, -0.05) is 28.4 Å². The van der Waals surface area contributed by atoms with Crippen LogP contribution >= 0.6 is 23.2 Å². The molecule has 0 aliphatic carbocycles. The van der Waals surface area contributed by atoms with Gasteiger partial charge < -0.3 is 0 Å². The zero-order valence-electron chi connectivity index (χ0n) is 9.53. The Bertz CT molecular complexity index is 711. The van der Waals surface area contributed by atoms with Gasteiger partial charge in [0.2, 0.25) is 0 Å². The van der Waals surface area contributed by atoms with Crippen LogP contribution in [-0.2, 0) is 0 Å². The highest BCUT2D eigenvalue weighted by Crippen LogP contribution is 2.27. The van der Waals surface area contributed by atoms with E-state index in [1.54, 1.807) is 29.2 Å². The van der Waals surface area contributed by atoms with Crippen molar-refractivity contribution in [3.05, 3.63) is 53.2 Å². The molecule has 2 aromatic heterocycles. The Kier molecular flexibility index (Phi) is 3.15. The Morgan fingerprint density at radius 3 is 2.68 bits per heavy atom. The van der Waals surface area contributed by atoms with Crippen LogP contribution in [0.2, 0.25) is 10.2 Å². The predicted molar refractivity (Wildman–Crippen MR) is 72.4 cm³/mol. The topological polar surface area (TPSA) is 56.5 Å². The summed E-state index contributed by atoms with van der Waals surface area (Å²) in [6.45, 7) is 0. The van der Waals surface area contributed by atoms with Gasteiger partial charge in [-0.25, -0.2) is 14.6 Å². The van der Waals surface area contributed by atoms with Gasteiger partial charge in [0.15, 0.2) is 5.15 Å². The van der Waals surface area contributed by atoms with Gasteiger partial charge in [0.25, 0.3) is 0 Å². The first-order valence-electron chi connectivity index (χ1n) is 5.38. The van der Waals surface area contributed by atoms with Crippen molar-refractivity contribution in [2.24, 2.45) is 0 Å². The summed E-state index contributed by atoms with van der Waals surface area (Å²) < 4.78 is 1.58. The van der Waals surface area contributed by atoms with Gasteiger partial charge in [-0.2, -0.15) is 0 Å². The minimum atomic E-state index is 0.323. The third-order valence-electron chi connectivity index (χ3n) is 2.53. The molecule has 0 unspecified atom stereocenters. The van der Waals surface area contributed by atoms with E-state index in [0.717, 1.165) is 16.9 Å². The average molecular weight is 292 g/mol. The number of hydrogen-bond donors (Lipinski definition) is 0. The van der Waals surface area contributed by atoms with Gasteiger partial charge in [0.05, 0.1) is 17.6 Å². The average Bonchev–Trinajstić information content (AvgIpc) is 2.86. The number of hydrogen-bond acceptors (Lipinski definition) is 4. The minimum absolute atomic E-state index is 0.323. The lowest BCUT2D eigenvalue weighted by Gasteiger charge is -2.08. The van der Waals surface area contributed by atoms with Crippen LogP contribution in [0.1, 0.15) is 0 Å². The molecule has 3 aromatic rings. The summed E-state index contributed by atoms with van der Waals surface area (Å²) in [5.41, 5.74) is 2.37. The third-order valence-corrected chi connectivity index (χ3v) is 2.94. The lowest BCUT2D eigenvalue weighted by atomic mass is 10.1. The summed E-state index contributed by atoms with van der Waals surface area (Å²) in [6.07, 6.45) is 4.77. The minimum Gasteiger partial charge on any atom is -0.245 e. The second kappa shape index (κ2) is 4.95. The molecule has 1 aromatic carbocycles. The summed E-state index contributed by atoms with van der Waals surface area (Å²) in [7, 11) is 0. The summed E-state index contributed by atoms with van der Waals surface area (Å²) in [4.78, 5) is 8.12. The molecule has 3 rings (SSSR count). The molecule has 0 bridgehead atoms. The van der Waals surface area contributed by atoms with Crippen LogP contribution in [0.25, 0.3) is 16.9 Å². The van der Waals surface area contributed by atoms with Crippen LogP contribution in [0.15, 0.2) is 43.0 Å². The first-order chi connectivity index (χ1) is 9.24. The molecule has 5 nitrogen and oxygen atoms in total. The molecule has 0 fully saturated rings. The van der Waals surface area contributed by atoms with Crippen LogP contribution in [0.4, 0.5) is 0 Å². The smallest absolute Gasteiger partial charge is 0.171 e. The molecule has 2 heterocycles. The van der Waals surface area contributed by atoms with E-state index in [0.29, 0.717) is 10.2 Å². The summed E-state index contributed by atoms with van der Waals surface area (Å²) >= 11 is 11.8. The first-order valence-corrected chi connectivity index (χ1v) is 6.14. The Balaban J connectivity index is 2.20. The van der Waals surface area contributed by atoms with E-state index in [1.807, 2.05) is 12.1 Å².